The lowest BCUT2D eigenvalue weighted by Gasteiger charge is -2.19. The molecule has 0 radical (unpaired) electrons. The molecular weight excluding hydrogens is 238 g/mol. The molecule has 1 aliphatic heterocycles. The lowest BCUT2D eigenvalue weighted by atomic mass is 9.89. The maximum atomic E-state index is 12.2. The number of carbonyl (C=O) groups excluding carboxylic acids is 2. The summed E-state index contributed by atoms with van der Waals surface area (Å²) in [5.41, 5.74) is 2.11. The number of ketones is 1. The van der Waals surface area contributed by atoms with Gasteiger partial charge in [-0.1, -0.05) is 39.0 Å². The quantitative estimate of drug-likeness (QED) is 0.783. The maximum Gasteiger partial charge on any atom is 0.234 e. The van der Waals surface area contributed by atoms with E-state index in [4.69, 9.17) is 0 Å². The fourth-order valence-electron chi connectivity index (χ4n) is 2.52. The van der Waals surface area contributed by atoms with E-state index in [2.05, 4.69) is 0 Å². The monoisotopic (exact) mass is 259 g/mol. The highest BCUT2D eigenvalue weighted by atomic mass is 16.2. The third kappa shape index (κ3) is 3.43. The van der Waals surface area contributed by atoms with Crippen molar-refractivity contribution in [1.82, 2.24) is 0 Å². The topological polar surface area (TPSA) is 37.4 Å². The number of carbonyl (C=O) groups is 2. The number of hydrogen-bond acceptors (Lipinski definition) is 2. The Labute approximate surface area is 114 Å². The molecule has 2 rings (SSSR count). The Morgan fingerprint density at radius 3 is 2.58 bits per heavy atom. The van der Waals surface area contributed by atoms with Crippen LogP contribution in [0.25, 0.3) is 0 Å². The predicted molar refractivity (Wildman–Crippen MR) is 76.2 cm³/mol. The first-order chi connectivity index (χ1) is 8.87. The number of hydrogen-bond donors (Lipinski definition) is 0. The second-order valence-electron chi connectivity index (χ2n) is 6.38. The summed E-state index contributed by atoms with van der Waals surface area (Å²) >= 11 is 0. The van der Waals surface area contributed by atoms with Crippen molar-refractivity contribution in [3.05, 3.63) is 29.8 Å². The second kappa shape index (κ2) is 5.16. The van der Waals surface area contributed by atoms with Crippen molar-refractivity contribution >= 4 is 17.4 Å². The van der Waals surface area contributed by atoms with Crippen LogP contribution in [0.5, 0.6) is 0 Å². The highest BCUT2D eigenvalue weighted by molar-refractivity contribution is 6.06. The molecule has 0 aliphatic carbocycles. The zero-order valence-corrected chi connectivity index (χ0v) is 11.9. The smallest absolute Gasteiger partial charge is 0.234 e. The minimum absolute atomic E-state index is 0.0194. The van der Waals surface area contributed by atoms with Crippen molar-refractivity contribution in [3.8, 4) is 0 Å². The van der Waals surface area contributed by atoms with E-state index in [9.17, 15) is 9.59 Å². The van der Waals surface area contributed by atoms with Crippen LogP contribution >= 0.6 is 0 Å². The largest absolute Gasteiger partial charge is 0.311 e. The van der Waals surface area contributed by atoms with E-state index in [1.807, 2.05) is 45.0 Å². The fraction of sp³-hybridized carbons (Fsp3) is 0.500. The number of para-hydroxylation sites is 1. The minimum atomic E-state index is -0.0702. The van der Waals surface area contributed by atoms with E-state index >= 15 is 0 Å². The number of nitrogens with zero attached hydrogens (tertiary/aromatic N) is 1. The molecule has 1 aromatic rings. The average molecular weight is 259 g/mol. The maximum absolute atomic E-state index is 12.2. The van der Waals surface area contributed by atoms with E-state index < -0.39 is 0 Å². The van der Waals surface area contributed by atoms with Gasteiger partial charge in [-0.15, -0.1) is 0 Å². The molecule has 0 bridgehead atoms. The van der Waals surface area contributed by atoms with Crippen molar-refractivity contribution in [1.29, 1.82) is 0 Å². The van der Waals surface area contributed by atoms with Gasteiger partial charge in [0.15, 0.2) is 0 Å². The SMILES string of the molecule is CC(C)(C)CC(=O)CC(=O)N1CCc2ccccc21. The van der Waals surface area contributed by atoms with Crippen molar-refractivity contribution in [2.45, 2.75) is 40.0 Å². The molecule has 1 heterocycles. The molecular formula is C16H21NO2. The Hall–Kier alpha value is -1.64. The lowest BCUT2D eigenvalue weighted by molar-refractivity contribution is -0.127. The molecule has 0 atom stereocenters. The van der Waals surface area contributed by atoms with Crippen molar-refractivity contribution < 1.29 is 9.59 Å². The van der Waals surface area contributed by atoms with Gasteiger partial charge in [0.05, 0.1) is 6.42 Å². The summed E-state index contributed by atoms with van der Waals surface area (Å²) in [5, 5.41) is 0. The molecule has 3 heteroatoms. The number of rotatable bonds is 3. The number of amides is 1. The molecule has 102 valence electrons. The third-order valence-electron chi connectivity index (χ3n) is 3.26. The van der Waals surface area contributed by atoms with Crippen LogP contribution in [0.4, 0.5) is 5.69 Å². The van der Waals surface area contributed by atoms with Gasteiger partial charge in [-0.2, -0.15) is 0 Å². The first-order valence-electron chi connectivity index (χ1n) is 6.77. The molecule has 0 unspecified atom stereocenters. The van der Waals surface area contributed by atoms with E-state index in [1.54, 1.807) is 4.90 Å². The Morgan fingerprint density at radius 2 is 1.89 bits per heavy atom. The van der Waals surface area contributed by atoms with Crippen LogP contribution in [0.3, 0.4) is 0 Å². The molecule has 0 N–H and O–H groups in total. The lowest BCUT2D eigenvalue weighted by Crippen LogP contribution is -2.31. The van der Waals surface area contributed by atoms with Crippen LogP contribution in [0, 0.1) is 5.41 Å². The first-order valence-corrected chi connectivity index (χ1v) is 6.77. The Kier molecular flexibility index (Phi) is 3.74. The standard InChI is InChI=1S/C16H21NO2/c1-16(2,3)11-13(18)10-15(19)17-9-8-12-6-4-5-7-14(12)17/h4-7H,8-11H2,1-3H3. The number of fused-ring (bicyclic) bond motifs is 1. The number of benzene rings is 1. The van der Waals surface area contributed by atoms with E-state index in [0.717, 1.165) is 12.1 Å². The predicted octanol–water partition coefficient (Wildman–Crippen LogP) is 2.97. The normalized spacial score (nSPS) is 14.4. The molecule has 1 aliphatic rings. The van der Waals surface area contributed by atoms with Crippen molar-refractivity contribution in [3.63, 3.8) is 0 Å². The van der Waals surface area contributed by atoms with Gasteiger partial charge >= 0.3 is 0 Å². The van der Waals surface area contributed by atoms with Crippen LogP contribution in [-0.2, 0) is 16.0 Å². The molecule has 0 saturated carbocycles. The van der Waals surface area contributed by atoms with Crippen LogP contribution in [0.15, 0.2) is 24.3 Å². The Balaban J connectivity index is 2.01. The zero-order chi connectivity index (χ0) is 14.0. The average Bonchev–Trinajstić information content (AvgIpc) is 2.69. The summed E-state index contributed by atoms with van der Waals surface area (Å²) in [7, 11) is 0. The third-order valence-corrected chi connectivity index (χ3v) is 3.26. The highest BCUT2D eigenvalue weighted by Crippen LogP contribution is 2.28. The molecule has 0 spiro atoms. The Morgan fingerprint density at radius 1 is 1.21 bits per heavy atom. The second-order valence-corrected chi connectivity index (χ2v) is 6.38. The summed E-state index contributed by atoms with van der Waals surface area (Å²) in [6.45, 7) is 6.74. The van der Waals surface area contributed by atoms with Crippen LogP contribution in [-0.4, -0.2) is 18.2 Å². The minimum Gasteiger partial charge on any atom is -0.311 e. The van der Waals surface area contributed by atoms with Gasteiger partial charge in [0.25, 0.3) is 0 Å². The summed E-state index contributed by atoms with van der Waals surface area (Å²) < 4.78 is 0. The van der Waals surface area contributed by atoms with Gasteiger partial charge in [-0.05, 0) is 23.5 Å². The summed E-state index contributed by atoms with van der Waals surface area (Å²) in [4.78, 5) is 25.8. The molecule has 3 nitrogen and oxygen atoms in total. The zero-order valence-electron chi connectivity index (χ0n) is 11.9. The molecule has 19 heavy (non-hydrogen) atoms. The molecule has 0 saturated heterocycles. The first kappa shape index (κ1) is 13.8. The summed E-state index contributed by atoms with van der Waals surface area (Å²) in [6, 6.07) is 7.91. The van der Waals surface area contributed by atoms with Crippen molar-refractivity contribution in [2.75, 3.05) is 11.4 Å². The van der Waals surface area contributed by atoms with Crippen LogP contribution in [0.2, 0.25) is 0 Å². The van der Waals surface area contributed by atoms with E-state index in [-0.39, 0.29) is 23.5 Å². The van der Waals surface area contributed by atoms with E-state index in [0.29, 0.717) is 13.0 Å². The van der Waals surface area contributed by atoms with Gasteiger partial charge in [0, 0.05) is 18.7 Å². The fourth-order valence-corrected chi connectivity index (χ4v) is 2.52. The molecule has 0 fully saturated rings. The van der Waals surface area contributed by atoms with E-state index in [1.165, 1.54) is 5.56 Å². The van der Waals surface area contributed by atoms with Gasteiger partial charge in [-0.3, -0.25) is 9.59 Å². The summed E-state index contributed by atoms with van der Waals surface area (Å²) in [5.74, 6) is -0.0407. The number of anilines is 1. The van der Waals surface area contributed by atoms with Crippen LogP contribution in [0.1, 0.15) is 39.2 Å². The van der Waals surface area contributed by atoms with Crippen LogP contribution < -0.4 is 4.90 Å². The highest BCUT2D eigenvalue weighted by Gasteiger charge is 2.26. The molecule has 0 aromatic heterocycles. The Bertz CT molecular complexity index is 500. The van der Waals surface area contributed by atoms with Gasteiger partial charge in [-0.25, -0.2) is 0 Å². The van der Waals surface area contributed by atoms with Gasteiger partial charge in [0.1, 0.15) is 5.78 Å². The van der Waals surface area contributed by atoms with Gasteiger partial charge < -0.3 is 4.90 Å². The van der Waals surface area contributed by atoms with Crippen molar-refractivity contribution in [2.24, 2.45) is 5.41 Å². The van der Waals surface area contributed by atoms with Gasteiger partial charge in [0.2, 0.25) is 5.91 Å². The summed E-state index contributed by atoms with van der Waals surface area (Å²) in [6.07, 6.45) is 1.36. The number of Topliss-reactive ketones (excluding diaryl/α,β-unsaturated/α-hetero) is 1. The molecule has 1 aromatic carbocycles. The molecule has 1 amide bonds.